The Hall–Kier alpha value is -4.59. The molecule has 0 spiro atoms. The van der Waals surface area contributed by atoms with Gasteiger partial charge in [0.1, 0.15) is 29.7 Å². The van der Waals surface area contributed by atoms with Gasteiger partial charge in [-0.15, -0.1) is 0 Å². The fourth-order valence-electron chi connectivity index (χ4n) is 4.18. The Morgan fingerprint density at radius 1 is 1.05 bits per heavy atom. The van der Waals surface area contributed by atoms with Crippen molar-refractivity contribution in [2.75, 3.05) is 17.7 Å². The van der Waals surface area contributed by atoms with Crippen LogP contribution in [0.3, 0.4) is 0 Å². The number of nitrogens with zero attached hydrogens (tertiary/aromatic N) is 3. The van der Waals surface area contributed by atoms with Crippen LogP contribution in [-0.4, -0.2) is 27.1 Å². The second kappa shape index (κ2) is 11.9. The smallest absolute Gasteiger partial charge is 0.325 e. The normalized spacial score (nSPS) is 10.9. The van der Waals surface area contributed by atoms with Gasteiger partial charge in [-0.3, -0.25) is 9.59 Å². The van der Waals surface area contributed by atoms with E-state index >= 15 is 4.39 Å². The number of rotatable bonds is 8. The lowest BCUT2D eigenvalue weighted by Crippen LogP contribution is -2.19. The van der Waals surface area contributed by atoms with Crippen molar-refractivity contribution in [3.63, 3.8) is 0 Å². The Labute approximate surface area is 246 Å². The summed E-state index contributed by atoms with van der Waals surface area (Å²) >= 11 is 1.96. The molecule has 0 saturated carbocycles. The molecule has 9 nitrogen and oxygen atoms in total. The van der Waals surface area contributed by atoms with E-state index in [9.17, 15) is 14.0 Å². The number of ether oxygens (including phenoxy) is 2. The van der Waals surface area contributed by atoms with E-state index in [0.717, 1.165) is 0 Å². The fraction of sp³-hybridized carbons (Fsp3) is 0.103. The average molecular weight is 669 g/mol. The molecular weight excluding hydrogens is 647 g/mol. The van der Waals surface area contributed by atoms with Crippen molar-refractivity contribution in [2.45, 2.75) is 13.5 Å². The molecule has 208 valence electrons. The summed E-state index contributed by atoms with van der Waals surface area (Å²) in [5, 5.41) is 3.16. The van der Waals surface area contributed by atoms with Gasteiger partial charge in [-0.1, -0.05) is 12.1 Å². The van der Waals surface area contributed by atoms with Gasteiger partial charge in [0.05, 0.1) is 21.1 Å². The highest BCUT2D eigenvalue weighted by Crippen LogP contribution is 2.33. The van der Waals surface area contributed by atoms with Gasteiger partial charge in [0.2, 0.25) is 5.43 Å². The average Bonchev–Trinajstić information content (AvgIpc) is 2.95. The van der Waals surface area contributed by atoms with Crippen LogP contribution in [0.25, 0.3) is 22.0 Å². The Balaban J connectivity index is 1.56. The molecule has 0 aliphatic heterocycles. The number of halogens is 3. The van der Waals surface area contributed by atoms with Crippen molar-refractivity contribution >= 4 is 56.8 Å². The first-order chi connectivity index (χ1) is 19.7. The molecule has 41 heavy (non-hydrogen) atoms. The minimum atomic E-state index is -0.673. The molecule has 3 N–H and O–H groups in total. The number of hydrogen-bond donors (Lipinski definition) is 2. The molecule has 5 aromatic rings. The first kappa shape index (κ1) is 28.0. The van der Waals surface area contributed by atoms with Crippen LogP contribution in [0, 0.1) is 15.2 Å². The van der Waals surface area contributed by atoms with E-state index in [-0.39, 0.29) is 41.5 Å². The molecule has 0 saturated heterocycles. The maximum atomic E-state index is 15.1. The van der Waals surface area contributed by atoms with E-state index < -0.39 is 23.0 Å². The molecular formula is C29H22F2IN5O4. The molecule has 0 amide bonds. The quantitative estimate of drug-likeness (QED) is 0.152. The first-order valence-electron chi connectivity index (χ1n) is 12.3. The minimum absolute atomic E-state index is 0.0414. The van der Waals surface area contributed by atoms with Crippen LogP contribution >= 0.6 is 22.6 Å². The number of fused-ring (bicyclic) bond motifs is 1. The number of pyridine rings is 3. The third-order valence-corrected chi connectivity index (χ3v) is 7.13. The minimum Gasteiger partial charge on any atom is -0.465 e. The summed E-state index contributed by atoms with van der Waals surface area (Å²) in [4.78, 5) is 34.4. The fourth-order valence-corrected chi connectivity index (χ4v) is 4.61. The standard InChI is InChI=1S/C29H22F2IN5O4/c1-2-40-24(38)15-37-14-19(16-3-5-17(30)6-4-16)27(39)25-21(37)9-11-35-29(25)36-18-7-8-22(20(31)13-18)41-23-10-12-34-28(33)26(23)32/h3-14H,2,15H2,1H3,(H2,33,34)(H,35,36). The monoisotopic (exact) mass is 669 g/mol. The summed E-state index contributed by atoms with van der Waals surface area (Å²) in [6.07, 6.45) is 4.45. The highest BCUT2D eigenvalue weighted by atomic mass is 127. The SMILES string of the molecule is CCOC(=O)Cn1cc(-c2ccc(F)cc2)c(=O)c2c(Nc3ccc(Oc4ccnc(N)c4I)c(F)c3)nccc21. The molecule has 0 unspecified atom stereocenters. The number of nitrogen functional groups attached to an aromatic ring is 1. The van der Waals surface area contributed by atoms with Crippen LogP contribution < -0.4 is 21.2 Å². The number of nitrogens with two attached hydrogens (primary N) is 1. The maximum absolute atomic E-state index is 15.1. The molecule has 0 bridgehead atoms. The van der Waals surface area contributed by atoms with Crippen LogP contribution in [0.2, 0.25) is 0 Å². The maximum Gasteiger partial charge on any atom is 0.325 e. The van der Waals surface area contributed by atoms with E-state index in [2.05, 4.69) is 15.3 Å². The highest BCUT2D eigenvalue weighted by Gasteiger charge is 2.18. The number of esters is 1. The second-order valence-corrected chi connectivity index (χ2v) is 9.82. The number of carbonyl (C=O) groups is 1. The van der Waals surface area contributed by atoms with Gasteiger partial charge >= 0.3 is 5.97 Å². The molecule has 0 radical (unpaired) electrons. The number of nitrogens with one attached hydrogen (secondary N) is 1. The van der Waals surface area contributed by atoms with Crippen LogP contribution in [0.1, 0.15) is 6.92 Å². The molecule has 3 heterocycles. The van der Waals surface area contributed by atoms with Crippen molar-refractivity contribution < 1.29 is 23.0 Å². The summed E-state index contributed by atoms with van der Waals surface area (Å²) in [6.45, 7) is 1.70. The Kier molecular flexibility index (Phi) is 8.10. The molecule has 0 aliphatic carbocycles. The van der Waals surface area contributed by atoms with E-state index in [1.54, 1.807) is 29.7 Å². The molecule has 2 aromatic carbocycles. The van der Waals surface area contributed by atoms with Crippen molar-refractivity contribution in [3.8, 4) is 22.6 Å². The number of carbonyl (C=O) groups excluding carboxylic acids is 1. The molecule has 0 atom stereocenters. The third kappa shape index (κ3) is 5.96. The summed E-state index contributed by atoms with van der Waals surface area (Å²) < 4.78 is 41.6. The van der Waals surface area contributed by atoms with E-state index in [1.165, 1.54) is 55.0 Å². The first-order valence-corrected chi connectivity index (χ1v) is 13.4. The van der Waals surface area contributed by atoms with Crippen LogP contribution in [-0.2, 0) is 16.1 Å². The van der Waals surface area contributed by atoms with Crippen molar-refractivity contribution in [1.29, 1.82) is 0 Å². The zero-order chi connectivity index (χ0) is 29.1. The Morgan fingerprint density at radius 2 is 1.80 bits per heavy atom. The van der Waals surface area contributed by atoms with Crippen molar-refractivity contribution in [1.82, 2.24) is 14.5 Å². The molecule has 0 fully saturated rings. The van der Waals surface area contributed by atoms with Gasteiger partial charge in [0, 0.05) is 42.0 Å². The Bertz CT molecular complexity index is 1830. The summed E-state index contributed by atoms with van der Waals surface area (Å²) in [7, 11) is 0. The van der Waals surface area contributed by atoms with Gasteiger partial charge in [0.15, 0.2) is 11.6 Å². The van der Waals surface area contributed by atoms with Crippen molar-refractivity contribution in [2.24, 2.45) is 0 Å². The lowest BCUT2D eigenvalue weighted by molar-refractivity contribution is -0.143. The van der Waals surface area contributed by atoms with E-state index in [4.69, 9.17) is 15.2 Å². The van der Waals surface area contributed by atoms with E-state index in [1.807, 2.05) is 22.6 Å². The number of hydrogen-bond acceptors (Lipinski definition) is 8. The van der Waals surface area contributed by atoms with Crippen LogP contribution in [0.4, 0.5) is 26.1 Å². The highest BCUT2D eigenvalue weighted by molar-refractivity contribution is 14.1. The van der Waals surface area contributed by atoms with Gasteiger partial charge in [-0.2, -0.15) is 0 Å². The number of aromatic nitrogens is 3. The molecule has 12 heteroatoms. The Morgan fingerprint density at radius 3 is 2.54 bits per heavy atom. The largest absolute Gasteiger partial charge is 0.465 e. The number of benzene rings is 2. The van der Waals surface area contributed by atoms with Gasteiger partial charge in [0.25, 0.3) is 0 Å². The molecule has 3 aromatic heterocycles. The summed E-state index contributed by atoms with van der Waals surface area (Å²) in [5.74, 6) is -0.924. The summed E-state index contributed by atoms with van der Waals surface area (Å²) in [5.41, 5.74) is 6.76. The lowest BCUT2D eigenvalue weighted by Gasteiger charge is -2.16. The van der Waals surface area contributed by atoms with E-state index in [0.29, 0.717) is 26.1 Å². The third-order valence-electron chi connectivity index (χ3n) is 6.05. The number of anilines is 3. The zero-order valence-electron chi connectivity index (χ0n) is 21.5. The summed E-state index contributed by atoms with van der Waals surface area (Å²) in [6, 6.07) is 12.8. The van der Waals surface area contributed by atoms with Gasteiger partial charge in [-0.25, -0.2) is 18.7 Å². The topological polar surface area (TPSA) is 121 Å². The lowest BCUT2D eigenvalue weighted by atomic mass is 10.0. The molecule has 0 aliphatic rings. The van der Waals surface area contributed by atoms with Crippen molar-refractivity contribution in [3.05, 3.63) is 98.6 Å². The predicted molar refractivity (Wildman–Crippen MR) is 159 cm³/mol. The zero-order valence-corrected chi connectivity index (χ0v) is 23.7. The van der Waals surface area contributed by atoms with Gasteiger partial charge < -0.3 is 25.1 Å². The van der Waals surface area contributed by atoms with Crippen LogP contribution in [0.5, 0.6) is 11.5 Å². The van der Waals surface area contributed by atoms with Crippen LogP contribution in [0.15, 0.2) is 78.0 Å². The molecule has 5 rings (SSSR count). The second-order valence-electron chi connectivity index (χ2n) is 8.75. The predicted octanol–water partition coefficient (Wildman–Crippen LogP) is 6.02. The van der Waals surface area contributed by atoms with Gasteiger partial charge in [-0.05, 0) is 65.4 Å².